The molecule has 0 amide bonds. The molecule has 6 heteroatoms. The summed E-state index contributed by atoms with van der Waals surface area (Å²) in [5.41, 5.74) is 1.09. The highest BCUT2D eigenvalue weighted by molar-refractivity contribution is 6.33. The maximum absolute atomic E-state index is 11.0. The first-order valence-corrected chi connectivity index (χ1v) is 6.70. The minimum absolute atomic E-state index is 0.0589. The van der Waals surface area contributed by atoms with Crippen LogP contribution in [0.25, 0.3) is 0 Å². The van der Waals surface area contributed by atoms with E-state index in [1.165, 1.54) is 6.07 Å². The molecule has 1 atom stereocenters. The highest BCUT2D eigenvalue weighted by Crippen LogP contribution is 2.35. The number of benzene rings is 2. The molecular weight excluding hydrogens is 299 g/mol. The second kappa shape index (κ2) is 6.11. The van der Waals surface area contributed by atoms with Crippen molar-refractivity contribution in [2.45, 2.75) is 13.0 Å². The Hall–Kier alpha value is -1.78. The number of para-hydroxylation sites is 1. The predicted octanol–water partition coefficient (Wildman–Crippen LogP) is 5.07. The molecule has 0 saturated carbocycles. The van der Waals surface area contributed by atoms with Gasteiger partial charge < -0.3 is 5.32 Å². The normalized spacial score (nSPS) is 11.9. The van der Waals surface area contributed by atoms with Crippen LogP contribution >= 0.6 is 23.2 Å². The molecule has 104 valence electrons. The van der Waals surface area contributed by atoms with Gasteiger partial charge in [-0.3, -0.25) is 10.1 Å². The maximum atomic E-state index is 11.0. The number of nitrogens with one attached hydrogen (secondary N) is 1. The summed E-state index contributed by atoms with van der Waals surface area (Å²) in [6.07, 6.45) is 0. The molecule has 0 spiro atoms. The van der Waals surface area contributed by atoms with Crippen molar-refractivity contribution in [2.24, 2.45) is 0 Å². The van der Waals surface area contributed by atoms with Crippen molar-refractivity contribution >= 4 is 34.6 Å². The van der Waals surface area contributed by atoms with E-state index in [1.54, 1.807) is 18.2 Å². The Bertz CT molecular complexity index is 647. The largest absolute Gasteiger partial charge is 0.372 e. The molecule has 0 aliphatic rings. The molecule has 1 N–H and O–H groups in total. The fourth-order valence-corrected chi connectivity index (χ4v) is 2.45. The van der Waals surface area contributed by atoms with Gasteiger partial charge in [0.15, 0.2) is 0 Å². The van der Waals surface area contributed by atoms with E-state index in [1.807, 2.05) is 25.1 Å². The maximum Gasteiger partial charge on any atom is 0.293 e. The number of hydrogen-bond acceptors (Lipinski definition) is 3. The number of nitrogens with zero attached hydrogens (tertiary/aromatic N) is 1. The lowest BCUT2D eigenvalue weighted by molar-refractivity contribution is -0.384. The molecule has 2 aromatic carbocycles. The van der Waals surface area contributed by atoms with E-state index in [2.05, 4.69) is 5.32 Å². The Labute approximate surface area is 126 Å². The summed E-state index contributed by atoms with van der Waals surface area (Å²) in [5, 5.41) is 15.0. The van der Waals surface area contributed by atoms with Gasteiger partial charge in [0.2, 0.25) is 0 Å². The minimum atomic E-state index is -0.465. The summed E-state index contributed by atoms with van der Waals surface area (Å²) in [5.74, 6) is 0. The molecule has 2 rings (SSSR count). The van der Waals surface area contributed by atoms with Crippen LogP contribution in [0.1, 0.15) is 18.5 Å². The minimum Gasteiger partial charge on any atom is -0.372 e. The second-order valence-electron chi connectivity index (χ2n) is 4.28. The number of halogens is 2. The highest BCUT2D eigenvalue weighted by Gasteiger charge is 2.19. The quantitative estimate of drug-likeness (QED) is 0.633. The van der Waals surface area contributed by atoms with Gasteiger partial charge in [-0.1, -0.05) is 47.5 Å². The number of anilines is 1. The summed E-state index contributed by atoms with van der Waals surface area (Å²) >= 11 is 12.2. The summed E-state index contributed by atoms with van der Waals surface area (Å²) in [4.78, 5) is 10.6. The number of hydrogen-bond donors (Lipinski definition) is 1. The molecule has 20 heavy (non-hydrogen) atoms. The zero-order valence-corrected chi connectivity index (χ0v) is 12.2. The number of rotatable bonds is 4. The van der Waals surface area contributed by atoms with Crippen LogP contribution in [-0.2, 0) is 0 Å². The van der Waals surface area contributed by atoms with Crippen molar-refractivity contribution in [1.29, 1.82) is 0 Å². The van der Waals surface area contributed by atoms with Gasteiger partial charge in [0.1, 0.15) is 5.69 Å². The van der Waals surface area contributed by atoms with Crippen molar-refractivity contribution in [3.8, 4) is 0 Å². The Kier molecular flexibility index (Phi) is 4.47. The summed E-state index contributed by atoms with van der Waals surface area (Å²) in [7, 11) is 0. The first kappa shape index (κ1) is 14.6. The second-order valence-corrected chi connectivity index (χ2v) is 5.09. The average Bonchev–Trinajstić information content (AvgIpc) is 2.41. The van der Waals surface area contributed by atoms with Gasteiger partial charge in [-0.15, -0.1) is 0 Å². The van der Waals surface area contributed by atoms with Gasteiger partial charge in [-0.05, 0) is 24.6 Å². The van der Waals surface area contributed by atoms with Gasteiger partial charge in [0.05, 0.1) is 16.0 Å². The SMILES string of the molecule is CC(Nc1c(Cl)cccc1[N+](=O)[O-])c1ccccc1Cl. The summed E-state index contributed by atoms with van der Waals surface area (Å²) < 4.78 is 0. The summed E-state index contributed by atoms with van der Waals surface area (Å²) in [6, 6.07) is 11.7. The van der Waals surface area contributed by atoms with Crippen LogP contribution in [-0.4, -0.2) is 4.92 Å². The first-order chi connectivity index (χ1) is 9.50. The van der Waals surface area contributed by atoms with Gasteiger partial charge in [-0.25, -0.2) is 0 Å². The first-order valence-electron chi connectivity index (χ1n) is 5.94. The topological polar surface area (TPSA) is 55.2 Å². The molecule has 0 fully saturated rings. The fraction of sp³-hybridized carbons (Fsp3) is 0.143. The Morgan fingerprint density at radius 2 is 1.75 bits per heavy atom. The zero-order chi connectivity index (χ0) is 14.7. The van der Waals surface area contributed by atoms with Crippen LogP contribution < -0.4 is 5.32 Å². The van der Waals surface area contributed by atoms with Crippen LogP contribution in [0.2, 0.25) is 10.0 Å². The van der Waals surface area contributed by atoms with E-state index in [0.29, 0.717) is 15.7 Å². The molecule has 0 aliphatic heterocycles. The third kappa shape index (κ3) is 3.03. The van der Waals surface area contributed by atoms with Crippen LogP contribution in [0, 0.1) is 10.1 Å². The van der Waals surface area contributed by atoms with Crippen LogP contribution in [0.5, 0.6) is 0 Å². The smallest absolute Gasteiger partial charge is 0.293 e. The number of nitro groups is 1. The number of nitro benzene ring substituents is 1. The molecule has 0 saturated heterocycles. The molecule has 0 bridgehead atoms. The molecule has 0 radical (unpaired) electrons. The van der Waals surface area contributed by atoms with Gasteiger partial charge >= 0.3 is 0 Å². The van der Waals surface area contributed by atoms with Crippen molar-refractivity contribution < 1.29 is 4.92 Å². The van der Waals surface area contributed by atoms with Crippen LogP contribution in [0.3, 0.4) is 0 Å². The van der Waals surface area contributed by atoms with Crippen molar-refractivity contribution in [2.75, 3.05) is 5.32 Å². The molecule has 4 nitrogen and oxygen atoms in total. The third-order valence-corrected chi connectivity index (χ3v) is 3.58. The average molecular weight is 311 g/mol. The van der Waals surface area contributed by atoms with E-state index >= 15 is 0 Å². The van der Waals surface area contributed by atoms with E-state index in [9.17, 15) is 10.1 Å². The highest BCUT2D eigenvalue weighted by atomic mass is 35.5. The van der Waals surface area contributed by atoms with E-state index in [-0.39, 0.29) is 11.7 Å². The molecule has 2 aromatic rings. The lowest BCUT2D eigenvalue weighted by Gasteiger charge is -2.17. The third-order valence-electron chi connectivity index (χ3n) is 2.92. The molecule has 0 aromatic heterocycles. The van der Waals surface area contributed by atoms with E-state index in [4.69, 9.17) is 23.2 Å². The molecular formula is C14H12Cl2N2O2. The Balaban J connectivity index is 2.35. The zero-order valence-electron chi connectivity index (χ0n) is 10.6. The van der Waals surface area contributed by atoms with Gasteiger partial charge in [0.25, 0.3) is 5.69 Å². The lowest BCUT2D eigenvalue weighted by Crippen LogP contribution is -2.09. The Morgan fingerprint density at radius 1 is 1.10 bits per heavy atom. The van der Waals surface area contributed by atoms with E-state index < -0.39 is 4.92 Å². The Morgan fingerprint density at radius 3 is 2.40 bits per heavy atom. The standard InChI is InChI=1S/C14H12Cl2N2O2/c1-9(10-5-2-3-6-11(10)15)17-14-12(16)7-4-8-13(14)18(19)20/h2-9,17H,1H3. The van der Waals surface area contributed by atoms with Crippen LogP contribution in [0.15, 0.2) is 42.5 Å². The predicted molar refractivity (Wildman–Crippen MR) is 81.6 cm³/mol. The monoisotopic (exact) mass is 310 g/mol. The van der Waals surface area contributed by atoms with Crippen LogP contribution in [0.4, 0.5) is 11.4 Å². The van der Waals surface area contributed by atoms with Crippen molar-refractivity contribution in [3.63, 3.8) is 0 Å². The fourth-order valence-electron chi connectivity index (χ4n) is 1.93. The van der Waals surface area contributed by atoms with Gasteiger partial charge in [0, 0.05) is 11.1 Å². The summed E-state index contributed by atoms with van der Waals surface area (Å²) in [6.45, 7) is 1.87. The van der Waals surface area contributed by atoms with Gasteiger partial charge in [-0.2, -0.15) is 0 Å². The molecule has 0 heterocycles. The molecule has 0 aliphatic carbocycles. The lowest BCUT2D eigenvalue weighted by atomic mass is 10.1. The van der Waals surface area contributed by atoms with Crippen molar-refractivity contribution in [3.05, 3.63) is 68.2 Å². The van der Waals surface area contributed by atoms with E-state index in [0.717, 1.165) is 5.56 Å². The van der Waals surface area contributed by atoms with Crippen molar-refractivity contribution in [1.82, 2.24) is 0 Å². The molecule has 1 unspecified atom stereocenters.